The molecule has 0 saturated carbocycles. The summed E-state index contributed by atoms with van der Waals surface area (Å²) in [5.41, 5.74) is -0.386. The van der Waals surface area contributed by atoms with Gasteiger partial charge in [0, 0.05) is 18.2 Å². The summed E-state index contributed by atoms with van der Waals surface area (Å²) in [5.74, 6) is 0. The fraction of sp³-hybridized carbons (Fsp3) is 0.267. The van der Waals surface area contributed by atoms with Gasteiger partial charge in [-0.3, -0.25) is 19.7 Å². The third-order valence-corrected chi connectivity index (χ3v) is 7.22. The molecule has 0 amide bonds. The van der Waals surface area contributed by atoms with Crippen molar-refractivity contribution in [3.63, 3.8) is 0 Å². The van der Waals surface area contributed by atoms with Gasteiger partial charge in [0.15, 0.2) is 0 Å². The van der Waals surface area contributed by atoms with E-state index >= 15 is 0 Å². The highest BCUT2D eigenvalue weighted by Crippen LogP contribution is 2.42. The summed E-state index contributed by atoms with van der Waals surface area (Å²) in [6.07, 6.45) is -0.0959. The van der Waals surface area contributed by atoms with Crippen molar-refractivity contribution >= 4 is 0 Å². The monoisotopic (exact) mass is 513 g/mol. The average molecular weight is 514 g/mol. The van der Waals surface area contributed by atoms with Gasteiger partial charge >= 0.3 is 5.69 Å². The van der Waals surface area contributed by atoms with Crippen LogP contribution in [0.5, 0.6) is 0 Å². The molecule has 1 aliphatic heterocycles. The van der Waals surface area contributed by atoms with Gasteiger partial charge in [-0.2, -0.15) is 0 Å². The molecule has 3 N–H and O–H groups in total. The van der Waals surface area contributed by atoms with Gasteiger partial charge in [-0.15, -0.1) is 0 Å². The molecule has 0 aliphatic carbocycles. The molecule has 0 bridgehead atoms. The molecule has 1 saturated heterocycles. The number of aliphatic hydroxyl groups is 1. The quantitative estimate of drug-likeness (QED) is 0.247. The van der Waals surface area contributed by atoms with Crippen molar-refractivity contribution in [1.29, 1.82) is 0 Å². The van der Waals surface area contributed by atoms with Crippen LogP contribution in [-0.2, 0) is 15.1 Å². The van der Waals surface area contributed by atoms with Crippen molar-refractivity contribution in [1.82, 2.24) is 14.9 Å². The molecule has 38 heavy (non-hydrogen) atoms. The Hall–Kier alpha value is -3.82. The molecule has 4 aromatic rings. The zero-order valence-corrected chi connectivity index (χ0v) is 21.3. The number of nitrogens with one attached hydrogen (secondary N) is 2. The molecular formula is C30H31N3O5. The van der Waals surface area contributed by atoms with Gasteiger partial charge in [-0.25, -0.2) is 4.79 Å². The first-order chi connectivity index (χ1) is 18.4. The Balaban J connectivity index is 1.55. The number of aryl methyl sites for hydroxylation is 1. The standard InChI is InChI=1S/C30H31N3O5/c1-21-19-33(28(35)32-27(21)34)26-18-29(36,31-2)25(38-26)20-37-30(22-12-6-3-7-13-22,23-14-8-4-9-15-23)24-16-10-5-11-17-24/h3-17,19,25-26,31,36H,18,20H2,1-2H3,(H,32,34,35)/t25-,26-,29+/m1/s1. The Kier molecular flexibility index (Phi) is 7.14. The second kappa shape index (κ2) is 10.5. The normalized spacial score (nSPS) is 21.4. The SMILES string of the molecule is CN[C@]1(O)C[C@H](n2cc(C)c(=O)[nH]c2=O)O[C@@H]1COC(c1ccccc1)(c1ccccc1)c1ccccc1. The Morgan fingerprint density at radius 1 is 0.974 bits per heavy atom. The molecule has 0 unspecified atom stereocenters. The fourth-order valence-electron chi connectivity index (χ4n) is 5.12. The first-order valence-electron chi connectivity index (χ1n) is 12.6. The highest BCUT2D eigenvalue weighted by atomic mass is 16.6. The summed E-state index contributed by atoms with van der Waals surface area (Å²) in [6, 6.07) is 29.8. The van der Waals surface area contributed by atoms with Gasteiger partial charge in [0.1, 0.15) is 23.7 Å². The van der Waals surface area contributed by atoms with Crippen molar-refractivity contribution in [2.75, 3.05) is 13.7 Å². The molecule has 1 aromatic heterocycles. The van der Waals surface area contributed by atoms with Gasteiger partial charge in [0.25, 0.3) is 5.56 Å². The number of hydrogen-bond acceptors (Lipinski definition) is 6. The topological polar surface area (TPSA) is 106 Å². The minimum absolute atomic E-state index is 0.00358. The summed E-state index contributed by atoms with van der Waals surface area (Å²) in [5, 5.41) is 14.5. The molecule has 3 aromatic carbocycles. The Bertz CT molecular complexity index is 1390. The molecule has 8 nitrogen and oxygen atoms in total. The number of aromatic nitrogens is 2. The van der Waals surface area contributed by atoms with Crippen molar-refractivity contribution in [3.8, 4) is 0 Å². The van der Waals surface area contributed by atoms with Crippen molar-refractivity contribution < 1.29 is 14.6 Å². The Labute approximate surface area is 220 Å². The number of rotatable bonds is 8. The third-order valence-electron chi connectivity index (χ3n) is 7.22. The number of nitrogens with zero attached hydrogens (tertiary/aromatic N) is 1. The van der Waals surface area contributed by atoms with Crippen LogP contribution in [0, 0.1) is 6.92 Å². The molecule has 196 valence electrons. The first kappa shape index (κ1) is 25.8. The molecular weight excluding hydrogens is 482 g/mol. The van der Waals surface area contributed by atoms with Gasteiger partial charge < -0.3 is 14.6 Å². The Morgan fingerprint density at radius 2 is 1.47 bits per heavy atom. The number of ether oxygens (including phenoxy) is 2. The average Bonchev–Trinajstić information content (AvgIpc) is 3.29. The van der Waals surface area contributed by atoms with E-state index in [1.165, 1.54) is 10.8 Å². The maximum atomic E-state index is 12.6. The van der Waals surface area contributed by atoms with E-state index < -0.39 is 34.9 Å². The second-order valence-electron chi connectivity index (χ2n) is 9.53. The predicted octanol–water partition coefficient (Wildman–Crippen LogP) is 3.05. The summed E-state index contributed by atoms with van der Waals surface area (Å²) in [7, 11) is 1.64. The number of aromatic amines is 1. The largest absolute Gasteiger partial charge is 0.373 e. The third kappa shape index (κ3) is 4.63. The first-order valence-corrected chi connectivity index (χ1v) is 12.6. The lowest BCUT2D eigenvalue weighted by molar-refractivity contribution is -0.128. The maximum Gasteiger partial charge on any atom is 0.330 e. The van der Waals surface area contributed by atoms with E-state index in [-0.39, 0.29) is 13.0 Å². The molecule has 2 heterocycles. The van der Waals surface area contributed by atoms with Crippen molar-refractivity contribution in [3.05, 3.63) is 140 Å². The van der Waals surface area contributed by atoms with E-state index in [0.717, 1.165) is 16.7 Å². The molecule has 8 heteroatoms. The van der Waals surface area contributed by atoms with Crippen LogP contribution >= 0.6 is 0 Å². The summed E-state index contributed by atoms with van der Waals surface area (Å²) in [4.78, 5) is 26.7. The smallest absolute Gasteiger partial charge is 0.330 e. The maximum absolute atomic E-state index is 12.6. The van der Waals surface area contributed by atoms with Crippen LogP contribution in [0.1, 0.15) is 34.9 Å². The molecule has 0 spiro atoms. The molecule has 3 atom stereocenters. The zero-order valence-electron chi connectivity index (χ0n) is 21.3. The molecule has 0 radical (unpaired) electrons. The second-order valence-corrected chi connectivity index (χ2v) is 9.53. The zero-order chi connectivity index (χ0) is 26.8. The predicted molar refractivity (Wildman–Crippen MR) is 144 cm³/mol. The lowest BCUT2D eigenvalue weighted by atomic mass is 9.80. The molecule has 5 rings (SSSR count). The summed E-state index contributed by atoms with van der Waals surface area (Å²) < 4.78 is 14.4. The lowest BCUT2D eigenvalue weighted by Gasteiger charge is -2.38. The van der Waals surface area contributed by atoms with E-state index in [1.54, 1.807) is 14.0 Å². The lowest BCUT2D eigenvalue weighted by Crippen LogP contribution is -2.52. The van der Waals surface area contributed by atoms with Gasteiger partial charge in [0.2, 0.25) is 0 Å². The Morgan fingerprint density at radius 3 is 1.95 bits per heavy atom. The number of H-pyrrole nitrogens is 1. The van der Waals surface area contributed by atoms with E-state index in [1.807, 2.05) is 91.0 Å². The van der Waals surface area contributed by atoms with Crippen LogP contribution in [-0.4, -0.2) is 40.1 Å². The van der Waals surface area contributed by atoms with Crippen LogP contribution in [0.3, 0.4) is 0 Å². The van der Waals surface area contributed by atoms with Gasteiger partial charge in [0.05, 0.1) is 6.61 Å². The molecule has 1 aliphatic rings. The highest BCUT2D eigenvalue weighted by molar-refractivity contribution is 5.47. The van der Waals surface area contributed by atoms with E-state index in [0.29, 0.717) is 5.56 Å². The highest BCUT2D eigenvalue weighted by Gasteiger charge is 2.49. The van der Waals surface area contributed by atoms with E-state index in [9.17, 15) is 14.7 Å². The van der Waals surface area contributed by atoms with Crippen LogP contribution in [0.4, 0.5) is 0 Å². The van der Waals surface area contributed by atoms with E-state index in [2.05, 4.69) is 10.3 Å². The van der Waals surface area contributed by atoms with Crippen molar-refractivity contribution in [2.45, 2.75) is 37.0 Å². The van der Waals surface area contributed by atoms with Crippen LogP contribution in [0.2, 0.25) is 0 Å². The minimum Gasteiger partial charge on any atom is -0.373 e. The summed E-state index contributed by atoms with van der Waals surface area (Å²) in [6.45, 7) is 1.62. The number of benzene rings is 3. The fourth-order valence-corrected chi connectivity index (χ4v) is 5.12. The van der Waals surface area contributed by atoms with Crippen LogP contribution in [0.25, 0.3) is 0 Å². The van der Waals surface area contributed by atoms with Crippen LogP contribution in [0.15, 0.2) is 107 Å². The van der Waals surface area contributed by atoms with Crippen LogP contribution < -0.4 is 16.6 Å². The number of likely N-dealkylation sites (N-methyl/N-ethyl adjacent to an activating group) is 1. The van der Waals surface area contributed by atoms with E-state index in [4.69, 9.17) is 9.47 Å². The number of hydrogen-bond donors (Lipinski definition) is 3. The van der Waals surface area contributed by atoms with Gasteiger partial charge in [-0.1, -0.05) is 91.0 Å². The van der Waals surface area contributed by atoms with Crippen molar-refractivity contribution in [2.24, 2.45) is 0 Å². The van der Waals surface area contributed by atoms with Gasteiger partial charge in [-0.05, 0) is 30.7 Å². The summed E-state index contributed by atoms with van der Waals surface area (Å²) >= 11 is 0. The minimum atomic E-state index is -1.48. The molecule has 1 fully saturated rings.